The summed E-state index contributed by atoms with van der Waals surface area (Å²) in [6, 6.07) is 15.6. The second-order valence-electron chi connectivity index (χ2n) is 4.30. The third-order valence-electron chi connectivity index (χ3n) is 3.37. The lowest BCUT2D eigenvalue weighted by atomic mass is 10.0. The zero-order chi connectivity index (χ0) is 10.5. The van der Waals surface area contributed by atoms with Crippen molar-refractivity contribution in [2.45, 2.75) is 6.42 Å². The van der Waals surface area contributed by atoms with Gasteiger partial charge in [-0.15, -0.1) is 11.3 Å². The van der Waals surface area contributed by atoms with Gasteiger partial charge in [-0.2, -0.15) is 0 Å². The van der Waals surface area contributed by atoms with Crippen LogP contribution in [-0.4, -0.2) is 0 Å². The van der Waals surface area contributed by atoms with E-state index >= 15 is 0 Å². The van der Waals surface area contributed by atoms with Gasteiger partial charge >= 0.3 is 0 Å². The highest BCUT2D eigenvalue weighted by molar-refractivity contribution is 7.17. The SMILES string of the molecule is c1ccc2c(c1)Cc1cc3sccc3cc1-2. The first-order valence-electron chi connectivity index (χ1n) is 5.50. The number of hydrogen-bond donors (Lipinski definition) is 0. The van der Waals surface area contributed by atoms with Crippen molar-refractivity contribution >= 4 is 21.4 Å². The molecular formula is C15H10S. The van der Waals surface area contributed by atoms with E-state index in [0.29, 0.717) is 0 Å². The summed E-state index contributed by atoms with van der Waals surface area (Å²) in [5, 5.41) is 3.55. The summed E-state index contributed by atoms with van der Waals surface area (Å²) >= 11 is 1.83. The molecule has 16 heavy (non-hydrogen) atoms. The van der Waals surface area contributed by atoms with E-state index in [2.05, 4.69) is 47.8 Å². The number of rotatable bonds is 0. The molecular weight excluding hydrogens is 212 g/mol. The second kappa shape index (κ2) is 2.96. The molecule has 1 aliphatic rings. The molecule has 0 N–H and O–H groups in total. The van der Waals surface area contributed by atoms with Crippen molar-refractivity contribution in [2.75, 3.05) is 0 Å². The highest BCUT2D eigenvalue weighted by Crippen LogP contribution is 2.39. The zero-order valence-electron chi connectivity index (χ0n) is 8.73. The fraction of sp³-hybridized carbons (Fsp3) is 0.0667. The van der Waals surface area contributed by atoms with E-state index < -0.39 is 0 Å². The van der Waals surface area contributed by atoms with Gasteiger partial charge in [0.2, 0.25) is 0 Å². The first-order valence-corrected chi connectivity index (χ1v) is 6.38. The molecule has 1 aliphatic carbocycles. The molecule has 0 atom stereocenters. The van der Waals surface area contributed by atoms with Crippen LogP contribution in [0.1, 0.15) is 11.1 Å². The fourth-order valence-electron chi connectivity index (χ4n) is 2.59. The minimum absolute atomic E-state index is 1.10. The molecule has 0 unspecified atom stereocenters. The van der Waals surface area contributed by atoms with Crippen molar-refractivity contribution in [1.29, 1.82) is 0 Å². The fourth-order valence-corrected chi connectivity index (χ4v) is 3.43. The van der Waals surface area contributed by atoms with Gasteiger partial charge in [0.1, 0.15) is 0 Å². The molecule has 0 amide bonds. The van der Waals surface area contributed by atoms with E-state index in [0.717, 1.165) is 6.42 Å². The topological polar surface area (TPSA) is 0 Å². The minimum Gasteiger partial charge on any atom is -0.144 e. The lowest BCUT2D eigenvalue weighted by Crippen LogP contribution is -1.78. The van der Waals surface area contributed by atoms with Crippen LogP contribution in [-0.2, 0) is 6.42 Å². The molecule has 2 aromatic carbocycles. The smallest absolute Gasteiger partial charge is 0.0345 e. The third kappa shape index (κ3) is 1.04. The monoisotopic (exact) mass is 222 g/mol. The van der Waals surface area contributed by atoms with Crippen molar-refractivity contribution in [2.24, 2.45) is 0 Å². The lowest BCUT2D eigenvalue weighted by Gasteiger charge is -2.00. The number of thiophene rings is 1. The number of hydrogen-bond acceptors (Lipinski definition) is 1. The Morgan fingerprint density at radius 2 is 1.81 bits per heavy atom. The van der Waals surface area contributed by atoms with Gasteiger partial charge in [0.15, 0.2) is 0 Å². The molecule has 0 spiro atoms. The van der Waals surface area contributed by atoms with Crippen molar-refractivity contribution in [3.63, 3.8) is 0 Å². The van der Waals surface area contributed by atoms with E-state index in [-0.39, 0.29) is 0 Å². The van der Waals surface area contributed by atoms with Crippen LogP contribution < -0.4 is 0 Å². The Labute approximate surface area is 98.2 Å². The van der Waals surface area contributed by atoms with Gasteiger partial charge in [-0.25, -0.2) is 0 Å². The van der Waals surface area contributed by atoms with Crippen molar-refractivity contribution in [1.82, 2.24) is 0 Å². The maximum Gasteiger partial charge on any atom is 0.0345 e. The molecule has 0 saturated heterocycles. The quantitative estimate of drug-likeness (QED) is 0.411. The Kier molecular flexibility index (Phi) is 1.58. The average molecular weight is 222 g/mol. The molecule has 1 aromatic heterocycles. The average Bonchev–Trinajstić information content (AvgIpc) is 2.88. The van der Waals surface area contributed by atoms with Crippen LogP contribution in [0.15, 0.2) is 47.8 Å². The Hall–Kier alpha value is -1.60. The molecule has 4 rings (SSSR count). The summed E-state index contributed by atoms with van der Waals surface area (Å²) in [6.07, 6.45) is 1.10. The van der Waals surface area contributed by atoms with Crippen LogP contribution in [0.3, 0.4) is 0 Å². The first-order chi connectivity index (χ1) is 7.92. The minimum atomic E-state index is 1.10. The molecule has 0 saturated carbocycles. The van der Waals surface area contributed by atoms with E-state index in [4.69, 9.17) is 0 Å². The van der Waals surface area contributed by atoms with E-state index in [1.165, 1.54) is 32.3 Å². The largest absolute Gasteiger partial charge is 0.144 e. The van der Waals surface area contributed by atoms with E-state index in [1.807, 2.05) is 11.3 Å². The Morgan fingerprint density at radius 1 is 0.875 bits per heavy atom. The number of fused-ring (bicyclic) bond motifs is 4. The molecule has 0 fully saturated rings. The predicted molar refractivity (Wildman–Crippen MR) is 70.1 cm³/mol. The Bertz CT molecular complexity index is 691. The van der Waals surface area contributed by atoms with Crippen LogP contribution in [0, 0.1) is 0 Å². The highest BCUT2D eigenvalue weighted by atomic mass is 32.1. The molecule has 0 nitrogen and oxygen atoms in total. The maximum atomic E-state index is 2.36. The summed E-state index contributed by atoms with van der Waals surface area (Å²) in [4.78, 5) is 0. The molecule has 0 bridgehead atoms. The van der Waals surface area contributed by atoms with Crippen LogP contribution in [0.5, 0.6) is 0 Å². The highest BCUT2D eigenvalue weighted by Gasteiger charge is 2.18. The van der Waals surface area contributed by atoms with Crippen molar-refractivity contribution in [3.05, 3.63) is 59.0 Å². The summed E-state index contributed by atoms with van der Waals surface area (Å²) in [5.41, 5.74) is 5.80. The Balaban J connectivity index is 2.09. The van der Waals surface area contributed by atoms with Gasteiger partial charge in [0.05, 0.1) is 0 Å². The lowest BCUT2D eigenvalue weighted by molar-refractivity contribution is 1.27. The zero-order valence-corrected chi connectivity index (χ0v) is 9.55. The maximum absolute atomic E-state index is 2.36. The predicted octanol–water partition coefficient (Wildman–Crippen LogP) is 4.47. The first kappa shape index (κ1) is 8.54. The summed E-state index contributed by atoms with van der Waals surface area (Å²) in [7, 11) is 0. The van der Waals surface area contributed by atoms with Crippen LogP contribution in [0.2, 0.25) is 0 Å². The summed E-state index contributed by atoms with van der Waals surface area (Å²) in [6.45, 7) is 0. The van der Waals surface area contributed by atoms with Gasteiger partial charge in [-0.05, 0) is 57.6 Å². The van der Waals surface area contributed by atoms with Crippen molar-refractivity contribution < 1.29 is 0 Å². The molecule has 3 aromatic rings. The third-order valence-corrected chi connectivity index (χ3v) is 4.25. The molecule has 0 radical (unpaired) electrons. The standard InChI is InChI=1S/C15H10S/c1-2-4-13-10(3-1)7-12-9-15-11(5-6-16-15)8-14(12)13/h1-6,8-9H,7H2. The normalized spacial score (nSPS) is 12.8. The van der Waals surface area contributed by atoms with E-state index in [9.17, 15) is 0 Å². The van der Waals surface area contributed by atoms with E-state index in [1.54, 1.807) is 0 Å². The second-order valence-corrected chi connectivity index (χ2v) is 5.25. The van der Waals surface area contributed by atoms with Gasteiger partial charge < -0.3 is 0 Å². The molecule has 1 heterocycles. The molecule has 1 heteroatoms. The van der Waals surface area contributed by atoms with Gasteiger partial charge in [0, 0.05) is 4.70 Å². The van der Waals surface area contributed by atoms with Gasteiger partial charge in [-0.1, -0.05) is 24.3 Å². The summed E-state index contributed by atoms with van der Waals surface area (Å²) in [5.74, 6) is 0. The van der Waals surface area contributed by atoms with Crippen LogP contribution >= 0.6 is 11.3 Å². The van der Waals surface area contributed by atoms with Crippen LogP contribution in [0.4, 0.5) is 0 Å². The molecule has 76 valence electrons. The number of benzene rings is 2. The molecule has 0 aliphatic heterocycles. The Morgan fingerprint density at radius 3 is 2.81 bits per heavy atom. The van der Waals surface area contributed by atoms with Crippen LogP contribution in [0.25, 0.3) is 21.2 Å². The van der Waals surface area contributed by atoms with Gasteiger partial charge in [0.25, 0.3) is 0 Å². The van der Waals surface area contributed by atoms with Crippen molar-refractivity contribution in [3.8, 4) is 11.1 Å². The van der Waals surface area contributed by atoms with Gasteiger partial charge in [-0.3, -0.25) is 0 Å². The summed E-state index contributed by atoms with van der Waals surface area (Å²) < 4.78 is 1.41.